The van der Waals surface area contributed by atoms with Crippen LogP contribution in [0.15, 0.2) is 77.8 Å². The zero-order chi connectivity index (χ0) is 31.9. The van der Waals surface area contributed by atoms with Crippen molar-refractivity contribution in [2.75, 3.05) is 51.0 Å². The van der Waals surface area contributed by atoms with Crippen molar-refractivity contribution in [1.29, 1.82) is 0 Å². The highest BCUT2D eigenvalue weighted by atomic mass is 32.1. The van der Waals surface area contributed by atoms with E-state index >= 15 is 0 Å². The van der Waals surface area contributed by atoms with E-state index in [4.69, 9.17) is 26.7 Å². The summed E-state index contributed by atoms with van der Waals surface area (Å²) in [5.74, 6) is 1.50. The number of piperazine rings is 1. The van der Waals surface area contributed by atoms with Crippen LogP contribution in [0.1, 0.15) is 28.6 Å². The molecule has 0 atom stereocenters. The van der Waals surface area contributed by atoms with Gasteiger partial charge in [-0.3, -0.25) is 10.2 Å². The Morgan fingerprint density at radius 3 is 1.91 bits per heavy atom. The summed E-state index contributed by atoms with van der Waals surface area (Å²) in [6.45, 7) is 6.26. The van der Waals surface area contributed by atoms with Crippen LogP contribution in [-0.4, -0.2) is 71.2 Å². The highest BCUT2D eigenvalue weighted by molar-refractivity contribution is 7.80. The van der Waals surface area contributed by atoms with Gasteiger partial charge in [0, 0.05) is 43.6 Å². The van der Waals surface area contributed by atoms with Crippen molar-refractivity contribution in [2.24, 2.45) is 4.99 Å². The van der Waals surface area contributed by atoms with Crippen molar-refractivity contribution in [3.8, 4) is 11.5 Å². The lowest BCUT2D eigenvalue weighted by Crippen LogP contribution is -2.52. The van der Waals surface area contributed by atoms with E-state index in [-0.39, 0.29) is 22.8 Å². The van der Waals surface area contributed by atoms with Crippen molar-refractivity contribution in [3.05, 3.63) is 107 Å². The van der Waals surface area contributed by atoms with Gasteiger partial charge < -0.3 is 19.7 Å². The van der Waals surface area contributed by atoms with Gasteiger partial charge in [0.2, 0.25) is 17.0 Å². The summed E-state index contributed by atoms with van der Waals surface area (Å²) in [7, 11) is 3.16. The van der Waals surface area contributed by atoms with Crippen LogP contribution in [0.5, 0.6) is 11.5 Å². The molecule has 2 heterocycles. The molecule has 234 valence electrons. The Morgan fingerprint density at radius 1 is 0.800 bits per heavy atom. The lowest BCUT2D eigenvalue weighted by atomic mass is 9.96. The van der Waals surface area contributed by atoms with E-state index in [1.807, 2.05) is 26.0 Å². The van der Waals surface area contributed by atoms with Crippen molar-refractivity contribution < 1.29 is 18.3 Å². The number of methoxy groups -OCH3 is 2. The first-order chi connectivity index (χ1) is 21.7. The Balaban J connectivity index is 1.40. The molecule has 1 saturated heterocycles. The maximum atomic E-state index is 13.8. The van der Waals surface area contributed by atoms with Gasteiger partial charge in [-0.15, -0.1) is 0 Å². The third-order valence-electron chi connectivity index (χ3n) is 7.41. The molecule has 3 aromatic carbocycles. The first kappa shape index (κ1) is 31.7. The summed E-state index contributed by atoms with van der Waals surface area (Å²) < 4.78 is 38.4. The minimum absolute atomic E-state index is 0.185. The summed E-state index contributed by atoms with van der Waals surface area (Å²) >= 11 is 5.67. The molecule has 0 aliphatic carbocycles. The number of hydrogen-bond donors (Lipinski definition) is 2. The van der Waals surface area contributed by atoms with Crippen molar-refractivity contribution in [1.82, 2.24) is 19.8 Å². The summed E-state index contributed by atoms with van der Waals surface area (Å²) in [6.07, 6.45) is 0. The predicted molar refractivity (Wildman–Crippen MR) is 176 cm³/mol. The zero-order valence-corrected chi connectivity index (χ0v) is 26.4. The third-order valence-corrected chi connectivity index (χ3v) is 7.61. The normalized spacial score (nSPS) is 13.9. The van der Waals surface area contributed by atoms with Crippen molar-refractivity contribution in [2.45, 2.75) is 19.9 Å². The fourth-order valence-electron chi connectivity index (χ4n) is 5.30. The maximum absolute atomic E-state index is 13.8. The van der Waals surface area contributed by atoms with Crippen LogP contribution in [0.25, 0.3) is 0 Å². The molecule has 0 radical (unpaired) electrons. The quantitative estimate of drug-likeness (QED) is 0.146. The van der Waals surface area contributed by atoms with Crippen LogP contribution < -0.4 is 20.1 Å². The number of anilines is 2. The van der Waals surface area contributed by atoms with Gasteiger partial charge in [-0.2, -0.15) is 4.99 Å². The maximum Gasteiger partial charge on any atom is 0.229 e. The van der Waals surface area contributed by atoms with Crippen molar-refractivity contribution in [3.63, 3.8) is 0 Å². The molecule has 45 heavy (non-hydrogen) atoms. The Kier molecular flexibility index (Phi) is 10.2. The number of nitrogens with zero attached hydrogens (tertiary/aromatic N) is 5. The number of guanidine groups is 1. The second-order valence-electron chi connectivity index (χ2n) is 10.6. The minimum Gasteiger partial charge on any atom is -0.497 e. The van der Waals surface area contributed by atoms with E-state index in [9.17, 15) is 8.78 Å². The van der Waals surface area contributed by atoms with Gasteiger partial charge >= 0.3 is 0 Å². The van der Waals surface area contributed by atoms with Gasteiger partial charge in [-0.1, -0.05) is 24.3 Å². The monoisotopic (exact) mass is 631 g/mol. The Morgan fingerprint density at radius 2 is 1.38 bits per heavy atom. The van der Waals surface area contributed by atoms with Crippen LogP contribution in [0.3, 0.4) is 0 Å². The molecule has 4 aromatic rings. The molecular weight excluding hydrogens is 596 g/mol. The average molecular weight is 632 g/mol. The molecule has 1 fully saturated rings. The number of rotatable bonds is 7. The molecular formula is C33H35F2N7O2S. The first-order valence-corrected chi connectivity index (χ1v) is 14.8. The van der Waals surface area contributed by atoms with Gasteiger partial charge in [0.05, 0.1) is 25.9 Å². The Labute approximate surface area is 266 Å². The average Bonchev–Trinajstić information content (AvgIpc) is 3.03. The zero-order valence-electron chi connectivity index (χ0n) is 25.6. The molecule has 2 N–H and O–H groups in total. The van der Waals surface area contributed by atoms with Gasteiger partial charge in [-0.05, 0) is 79.7 Å². The highest BCUT2D eigenvalue weighted by Crippen LogP contribution is 2.31. The molecule has 0 spiro atoms. The van der Waals surface area contributed by atoms with E-state index in [0.717, 1.165) is 22.5 Å². The molecule has 12 heteroatoms. The topological polar surface area (TPSA) is 87.1 Å². The van der Waals surface area contributed by atoms with Crippen LogP contribution in [0.2, 0.25) is 0 Å². The molecule has 0 unspecified atom stereocenters. The second-order valence-corrected chi connectivity index (χ2v) is 10.9. The summed E-state index contributed by atoms with van der Waals surface area (Å²) in [4.78, 5) is 18.2. The van der Waals surface area contributed by atoms with E-state index in [2.05, 4.69) is 30.4 Å². The number of aryl methyl sites for hydroxylation is 2. The molecule has 1 aliphatic heterocycles. The van der Waals surface area contributed by atoms with Crippen LogP contribution in [0.4, 0.5) is 20.4 Å². The van der Waals surface area contributed by atoms with E-state index < -0.39 is 0 Å². The first-order valence-electron chi connectivity index (χ1n) is 14.4. The summed E-state index contributed by atoms with van der Waals surface area (Å²) in [5.41, 5.74) is 4.12. The smallest absolute Gasteiger partial charge is 0.229 e. The largest absolute Gasteiger partial charge is 0.497 e. The molecule has 0 saturated carbocycles. The van der Waals surface area contributed by atoms with Gasteiger partial charge in [0.15, 0.2) is 0 Å². The van der Waals surface area contributed by atoms with Gasteiger partial charge in [-0.25, -0.2) is 18.7 Å². The predicted octanol–water partition coefficient (Wildman–Crippen LogP) is 5.96. The number of ether oxygens (including phenoxy) is 2. The lowest BCUT2D eigenvalue weighted by Gasteiger charge is -2.40. The number of aromatic nitrogens is 2. The molecule has 1 aliphatic rings. The SMILES string of the molecule is COc1ccc(NC(=S)/N=C(/Nc2nc(C)cc(C)n2)N2CCN(C(c3ccc(F)cc3)c3ccc(F)cc3)CC2)c(OC)c1. The molecule has 1 aromatic heterocycles. The Hall–Kier alpha value is -4.68. The van der Waals surface area contributed by atoms with Gasteiger partial charge in [0.1, 0.15) is 23.1 Å². The van der Waals surface area contributed by atoms with Gasteiger partial charge in [0.25, 0.3) is 0 Å². The number of thiocarbonyl (C=S) groups is 1. The van der Waals surface area contributed by atoms with E-state index in [0.29, 0.717) is 55.3 Å². The molecule has 5 rings (SSSR count). The van der Waals surface area contributed by atoms with Crippen LogP contribution >= 0.6 is 12.2 Å². The summed E-state index contributed by atoms with van der Waals surface area (Å²) in [5, 5.41) is 6.65. The van der Waals surface area contributed by atoms with E-state index in [1.165, 1.54) is 24.3 Å². The van der Waals surface area contributed by atoms with Crippen LogP contribution in [-0.2, 0) is 0 Å². The van der Waals surface area contributed by atoms with E-state index in [1.54, 1.807) is 50.6 Å². The second kappa shape index (κ2) is 14.4. The number of halogens is 2. The number of hydrogen-bond acceptors (Lipinski definition) is 6. The fourth-order valence-corrected chi connectivity index (χ4v) is 5.49. The standard InChI is InChI=1S/C33H35F2N7O2S/c1-21-19-22(2)37-31(36-21)39-32(40-33(45)38-28-14-13-27(43-3)20-29(28)44-4)42-17-15-41(16-18-42)30(23-5-9-25(34)10-6-23)24-7-11-26(35)12-8-24/h5-14,19-20,30H,15-18H2,1-4H3,(H2,36,37,38,39,40,45). The summed E-state index contributed by atoms with van der Waals surface area (Å²) in [6, 6.07) is 20.0. The number of benzene rings is 3. The third kappa shape index (κ3) is 8.08. The molecule has 9 nitrogen and oxygen atoms in total. The number of nitrogens with one attached hydrogen (secondary N) is 2. The van der Waals surface area contributed by atoms with Crippen molar-refractivity contribution >= 4 is 34.9 Å². The van der Waals surface area contributed by atoms with Crippen LogP contribution in [0, 0.1) is 25.5 Å². The highest BCUT2D eigenvalue weighted by Gasteiger charge is 2.28. The number of aliphatic imine (C=N–C) groups is 1. The molecule has 0 bridgehead atoms. The molecule has 0 amide bonds. The Bertz CT molecular complexity index is 1600. The minimum atomic E-state index is -0.307. The lowest BCUT2D eigenvalue weighted by molar-refractivity contribution is 0.150. The fraction of sp³-hybridized carbons (Fsp3) is 0.273.